The van der Waals surface area contributed by atoms with Crippen LogP contribution in [0, 0.1) is 19.8 Å². The zero-order valence-electron chi connectivity index (χ0n) is 9.42. The summed E-state index contributed by atoms with van der Waals surface area (Å²) in [6.07, 6.45) is 0.863. The Hall–Kier alpha value is -1.11. The van der Waals surface area contributed by atoms with E-state index in [1.165, 1.54) is 16.7 Å². The molecular formula is C13H18O. The molecule has 1 aromatic carbocycles. The summed E-state index contributed by atoms with van der Waals surface area (Å²) in [6, 6.07) is 6.40. The second-order valence-corrected chi connectivity index (χ2v) is 4.15. The number of ketones is 1. The lowest BCUT2D eigenvalue weighted by molar-refractivity contribution is -0.120. The number of carbonyl (C=O) groups is 1. The van der Waals surface area contributed by atoms with Crippen LogP contribution < -0.4 is 0 Å². The second kappa shape index (κ2) is 4.41. The molecule has 0 heterocycles. The molecule has 0 saturated heterocycles. The first-order valence-corrected chi connectivity index (χ1v) is 5.07. The van der Waals surface area contributed by atoms with Gasteiger partial charge in [-0.25, -0.2) is 0 Å². The summed E-state index contributed by atoms with van der Waals surface area (Å²) in [7, 11) is 0. The van der Waals surface area contributed by atoms with E-state index in [4.69, 9.17) is 0 Å². The zero-order chi connectivity index (χ0) is 10.7. The Bertz CT molecular complexity index is 339. The molecule has 0 radical (unpaired) electrons. The van der Waals surface area contributed by atoms with Gasteiger partial charge in [-0.3, -0.25) is 4.79 Å². The zero-order valence-corrected chi connectivity index (χ0v) is 9.42. The van der Waals surface area contributed by atoms with Crippen LogP contribution in [0.2, 0.25) is 0 Å². The summed E-state index contributed by atoms with van der Waals surface area (Å²) in [4.78, 5) is 11.1. The highest BCUT2D eigenvalue weighted by molar-refractivity contribution is 5.78. The Balaban J connectivity index is 2.82. The normalized spacial score (nSPS) is 12.6. The molecule has 0 aliphatic carbocycles. The van der Waals surface area contributed by atoms with Gasteiger partial charge in [-0.05, 0) is 38.3 Å². The predicted octanol–water partition coefficient (Wildman–Crippen LogP) is 3.07. The second-order valence-electron chi connectivity index (χ2n) is 4.15. The third-order valence-electron chi connectivity index (χ3n) is 2.72. The molecule has 0 spiro atoms. The van der Waals surface area contributed by atoms with Crippen molar-refractivity contribution in [3.05, 3.63) is 34.9 Å². The van der Waals surface area contributed by atoms with Crippen molar-refractivity contribution in [2.45, 2.75) is 34.1 Å². The fourth-order valence-electron chi connectivity index (χ4n) is 1.55. The molecular weight excluding hydrogens is 172 g/mol. The smallest absolute Gasteiger partial charge is 0.132 e. The maximum atomic E-state index is 11.1. The van der Waals surface area contributed by atoms with Gasteiger partial charge < -0.3 is 0 Å². The van der Waals surface area contributed by atoms with Crippen LogP contribution >= 0.6 is 0 Å². The van der Waals surface area contributed by atoms with Crippen molar-refractivity contribution in [3.63, 3.8) is 0 Å². The Kier molecular flexibility index (Phi) is 3.45. The van der Waals surface area contributed by atoms with Gasteiger partial charge in [0, 0.05) is 5.92 Å². The average molecular weight is 190 g/mol. The Morgan fingerprint density at radius 3 is 2.50 bits per heavy atom. The van der Waals surface area contributed by atoms with E-state index in [1.807, 2.05) is 6.92 Å². The lowest BCUT2D eigenvalue weighted by atomic mass is 9.94. The third-order valence-corrected chi connectivity index (χ3v) is 2.72. The maximum Gasteiger partial charge on any atom is 0.132 e. The molecule has 1 atom stereocenters. The van der Waals surface area contributed by atoms with Crippen molar-refractivity contribution in [2.24, 2.45) is 5.92 Å². The van der Waals surface area contributed by atoms with Crippen molar-refractivity contribution in [2.75, 3.05) is 0 Å². The van der Waals surface area contributed by atoms with Gasteiger partial charge in [0.1, 0.15) is 5.78 Å². The highest BCUT2D eigenvalue weighted by Crippen LogP contribution is 2.15. The summed E-state index contributed by atoms with van der Waals surface area (Å²) in [5, 5.41) is 0. The molecule has 0 aromatic heterocycles. The Morgan fingerprint density at radius 2 is 2.00 bits per heavy atom. The maximum absolute atomic E-state index is 11.1. The quantitative estimate of drug-likeness (QED) is 0.716. The number of benzene rings is 1. The van der Waals surface area contributed by atoms with Gasteiger partial charge >= 0.3 is 0 Å². The number of hydrogen-bond donors (Lipinski definition) is 0. The summed E-state index contributed by atoms with van der Waals surface area (Å²) >= 11 is 0. The Morgan fingerprint density at radius 1 is 1.36 bits per heavy atom. The predicted molar refractivity (Wildman–Crippen MR) is 59.5 cm³/mol. The van der Waals surface area contributed by atoms with E-state index in [2.05, 4.69) is 32.0 Å². The van der Waals surface area contributed by atoms with E-state index >= 15 is 0 Å². The van der Waals surface area contributed by atoms with Crippen molar-refractivity contribution in [1.82, 2.24) is 0 Å². The molecule has 1 rings (SSSR count). The summed E-state index contributed by atoms with van der Waals surface area (Å²) in [6.45, 7) is 7.84. The standard InChI is InChI=1S/C13H18O/c1-9-5-6-13(11(3)7-9)8-10(2)12(4)14/h5-7,10H,8H2,1-4H3. The monoisotopic (exact) mass is 190 g/mol. The summed E-state index contributed by atoms with van der Waals surface area (Å²) < 4.78 is 0. The minimum absolute atomic E-state index is 0.136. The minimum Gasteiger partial charge on any atom is -0.300 e. The molecule has 76 valence electrons. The molecule has 0 saturated carbocycles. The molecule has 1 aromatic rings. The summed E-state index contributed by atoms with van der Waals surface area (Å²) in [5.74, 6) is 0.404. The number of rotatable bonds is 3. The van der Waals surface area contributed by atoms with Crippen molar-refractivity contribution >= 4 is 5.78 Å². The topological polar surface area (TPSA) is 17.1 Å². The van der Waals surface area contributed by atoms with Gasteiger partial charge in [-0.15, -0.1) is 0 Å². The molecule has 0 fully saturated rings. The minimum atomic E-state index is 0.136. The van der Waals surface area contributed by atoms with Gasteiger partial charge in [0.15, 0.2) is 0 Å². The van der Waals surface area contributed by atoms with E-state index in [-0.39, 0.29) is 11.7 Å². The van der Waals surface area contributed by atoms with Crippen LogP contribution in [0.5, 0.6) is 0 Å². The van der Waals surface area contributed by atoms with Crippen LogP contribution in [0.25, 0.3) is 0 Å². The number of carbonyl (C=O) groups excluding carboxylic acids is 1. The van der Waals surface area contributed by atoms with Crippen LogP contribution in [-0.2, 0) is 11.2 Å². The Labute approximate surface area is 86.1 Å². The van der Waals surface area contributed by atoms with Gasteiger partial charge in [0.05, 0.1) is 0 Å². The van der Waals surface area contributed by atoms with Crippen LogP contribution in [0.15, 0.2) is 18.2 Å². The highest BCUT2D eigenvalue weighted by atomic mass is 16.1. The van der Waals surface area contributed by atoms with E-state index in [9.17, 15) is 4.79 Å². The molecule has 1 nitrogen and oxygen atoms in total. The van der Waals surface area contributed by atoms with Crippen molar-refractivity contribution in [3.8, 4) is 0 Å². The van der Waals surface area contributed by atoms with Crippen LogP contribution in [-0.4, -0.2) is 5.78 Å². The van der Waals surface area contributed by atoms with Crippen LogP contribution in [0.3, 0.4) is 0 Å². The molecule has 1 unspecified atom stereocenters. The van der Waals surface area contributed by atoms with Crippen LogP contribution in [0.1, 0.15) is 30.5 Å². The van der Waals surface area contributed by atoms with Crippen LogP contribution in [0.4, 0.5) is 0 Å². The first kappa shape index (κ1) is 11.0. The fraction of sp³-hybridized carbons (Fsp3) is 0.462. The van der Waals surface area contributed by atoms with Gasteiger partial charge in [0.25, 0.3) is 0 Å². The van der Waals surface area contributed by atoms with Gasteiger partial charge in [-0.1, -0.05) is 30.7 Å². The third kappa shape index (κ3) is 2.69. The average Bonchev–Trinajstić information content (AvgIpc) is 2.09. The molecule has 0 aliphatic rings. The SMILES string of the molecule is CC(=O)C(C)Cc1ccc(C)cc1C. The molecule has 14 heavy (non-hydrogen) atoms. The van der Waals surface area contributed by atoms with E-state index < -0.39 is 0 Å². The number of Topliss-reactive ketones (excluding diaryl/α,β-unsaturated/α-hetero) is 1. The van der Waals surface area contributed by atoms with Crippen molar-refractivity contribution in [1.29, 1.82) is 0 Å². The summed E-state index contributed by atoms with van der Waals surface area (Å²) in [5.41, 5.74) is 3.86. The first-order valence-electron chi connectivity index (χ1n) is 5.07. The van der Waals surface area contributed by atoms with Gasteiger partial charge in [0.2, 0.25) is 0 Å². The first-order chi connectivity index (χ1) is 6.50. The molecule has 0 N–H and O–H groups in total. The fourth-order valence-corrected chi connectivity index (χ4v) is 1.55. The lowest BCUT2D eigenvalue weighted by Gasteiger charge is -2.10. The van der Waals surface area contributed by atoms with E-state index in [0.29, 0.717) is 0 Å². The number of aryl methyl sites for hydroxylation is 2. The molecule has 0 bridgehead atoms. The van der Waals surface area contributed by atoms with Gasteiger partial charge in [-0.2, -0.15) is 0 Å². The van der Waals surface area contributed by atoms with Crippen molar-refractivity contribution < 1.29 is 4.79 Å². The molecule has 0 amide bonds. The largest absolute Gasteiger partial charge is 0.300 e. The van der Waals surface area contributed by atoms with E-state index in [1.54, 1.807) is 6.92 Å². The van der Waals surface area contributed by atoms with E-state index in [0.717, 1.165) is 6.42 Å². The molecule has 0 aliphatic heterocycles. The lowest BCUT2D eigenvalue weighted by Crippen LogP contribution is -2.10. The highest BCUT2D eigenvalue weighted by Gasteiger charge is 2.09. The number of hydrogen-bond acceptors (Lipinski definition) is 1. The molecule has 1 heteroatoms.